The third-order valence-electron chi connectivity index (χ3n) is 5.35. The summed E-state index contributed by atoms with van der Waals surface area (Å²) in [5.74, 6) is 1.97. The minimum Gasteiger partial charge on any atom is -0.381 e. The Labute approximate surface area is 159 Å². The van der Waals surface area contributed by atoms with Crippen LogP contribution < -0.4 is 10.2 Å². The molecule has 2 aliphatic heterocycles. The third-order valence-corrected chi connectivity index (χ3v) is 5.35. The highest BCUT2D eigenvalue weighted by Gasteiger charge is 2.19. The first-order valence-corrected chi connectivity index (χ1v) is 9.91. The minimum absolute atomic E-state index is 0.158. The molecular weight excluding hydrogens is 342 g/mol. The summed E-state index contributed by atoms with van der Waals surface area (Å²) in [7, 11) is 0. The van der Waals surface area contributed by atoms with Gasteiger partial charge in [-0.3, -0.25) is 4.79 Å². The van der Waals surface area contributed by atoms with Gasteiger partial charge in [-0.1, -0.05) is 12.8 Å². The molecule has 1 atom stereocenters. The Balaban J connectivity index is 1.39. The zero-order valence-electron chi connectivity index (χ0n) is 15.6. The van der Waals surface area contributed by atoms with Crippen LogP contribution in [-0.2, 0) is 11.3 Å². The molecule has 0 spiro atoms. The summed E-state index contributed by atoms with van der Waals surface area (Å²) in [6, 6.07) is 5.63. The number of amides is 1. The van der Waals surface area contributed by atoms with Crippen LogP contribution in [0.5, 0.6) is 0 Å². The highest BCUT2D eigenvalue weighted by molar-refractivity contribution is 6.03. The number of pyridine rings is 1. The molecule has 2 saturated heterocycles. The molecule has 27 heavy (non-hydrogen) atoms. The SMILES string of the molecule is O=C(Nc1ccnn1C[C@H]1CCOC1)c1ccc(N2CCCCCC2)nc1. The normalized spacial score (nSPS) is 20.4. The number of aromatic nitrogens is 3. The van der Waals surface area contributed by atoms with Crippen LogP contribution in [0.4, 0.5) is 11.6 Å². The molecule has 0 aromatic carbocycles. The summed E-state index contributed by atoms with van der Waals surface area (Å²) in [6.45, 7) is 4.41. The number of hydrogen-bond acceptors (Lipinski definition) is 5. The van der Waals surface area contributed by atoms with Crippen LogP contribution in [0, 0.1) is 5.92 Å². The fourth-order valence-electron chi connectivity index (χ4n) is 3.75. The molecule has 0 radical (unpaired) electrons. The van der Waals surface area contributed by atoms with Crippen LogP contribution in [0.3, 0.4) is 0 Å². The van der Waals surface area contributed by atoms with E-state index in [0.29, 0.717) is 17.3 Å². The highest BCUT2D eigenvalue weighted by atomic mass is 16.5. The standard InChI is InChI=1S/C20H27N5O2/c26-20(23-19-7-9-22-25(19)14-16-8-12-27-15-16)17-5-6-18(21-13-17)24-10-3-1-2-4-11-24/h5-7,9,13,16H,1-4,8,10-12,14-15H2,(H,23,26)/t16-/m1/s1. The molecule has 0 bridgehead atoms. The van der Waals surface area contributed by atoms with E-state index in [-0.39, 0.29) is 5.91 Å². The first-order chi connectivity index (χ1) is 13.3. The molecule has 1 amide bonds. The van der Waals surface area contributed by atoms with Crippen molar-refractivity contribution in [2.24, 2.45) is 5.92 Å². The van der Waals surface area contributed by atoms with Gasteiger partial charge in [0.2, 0.25) is 0 Å². The van der Waals surface area contributed by atoms with Gasteiger partial charge in [0.25, 0.3) is 5.91 Å². The second kappa shape index (κ2) is 8.52. The molecule has 2 aliphatic rings. The zero-order valence-corrected chi connectivity index (χ0v) is 15.6. The van der Waals surface area contributed by atoms with Gasteiger partial charge >= 0.3 is 0 Å². The van der Waals surface area contributed by atoms with Crippen molar-refractivity contribution in [2.45, 2.75) is 38.6 Å². The maximum absolute atomic E-state index is 12.6. The lowest BCUT2D eigenvalue weighted by atomic mass is 10.1. The number of ether oxygens (including phenoxy) is 1. The number of carbonyl (C=O) groups excluding carboxylic acids is 1. The number of nitrogens with one attached hydrogen (secondary N) is 1. The second-order valence-electron chi connectivity index (χ2n) is 7.39. The number of nitrogens with zero attached hydrogens (tertiary/aromatic N) is 4. The molecule has 7 nitrogen and oxygen atoms in total. The Kier molecular flexibility index (Phi) is 5.67. The van der Waals surface area contributed by atoms with E-state index in [0.717, 1.165) is 45.1 Å². The lowest BCUT2D eigenvalue weighted by Gasteiger charge is -2.21. The van der Waals surface area contributed by atoms with E-state index < -0.39 is 0 Å². The summed E-state index contributed by atoms with van der Waals surface area (Å²) in [5, 5.41) is 7.29. The lowest BCUT2D eigenvalue weighted by Crippen LogP contribution is -2.25. The monoisotopic (exact) mass is 369 g/mol. The highest BCUT2D eigenvalue weighted by Crippen LogP contribution is 2.19. The van der Waals surface area contributed by atoms with Crippen LogP contribution in [0.25, 0.3) is 0 Å². The van der Waals surface area contributed by atoms with Crippen LogP contribution in [0.1, 0.15) is 42.5 Å². The molecule has 0 saturated carbocycles. The Morgan fingerprint density at radius 1 is 1.19 bits per heavy atom. The Morgan fingerprint density at radius 3 is 2.74 bits per heavy atom. The van der Waals surface area contributed by atoms with E-state index in [1.165, 1.54) is 25.7 Å². The van der Waals surface area contributed by atoms with Gasteiger partial charge in [-0.05, 0) is 31.4 Å². The topological polar surface area (TPSA) is 72.3 Å². The third kappa shape index (κ3) is 4.47. The summed E-state index contributed by atoms with van der Waals surface area (Å²) in [6.07, 6.45) is 9.41. The Hall–Kier alpha value is -2.41. The van der Waals surface area contributed by atoms with Crippen LogP contribution in [-0.4, -0.2) is 47.0 Å². The van der Waals surface area contributed by atoms with E-state index in [2.05, 4.69) is 20.3 Å². The van der Waals surface area contributed by atoms with E-state index in [1.54, 1.807) is 12.4 Å². The van der Waals surface area contributed by atoms with E-state index in [1.807, 2.05) is 22.9 Å². The minimum atomic E-state index is -0.158. The second-order valence-corrected chi connectivity index (χ2v) is 7.39. The van der Waals surface area contributed by atoms with E-state index in [9.17, 15) is 4.79 Å². The van der Waals surface area contributed by atoms with Crippen LogP contribution >= 0.6 is 0 Å². The van der Waals surface area contributed by atoms with Crippen LogP contribution in [0.15, 0.2) is 30.6 Å². The average Bonchev–Trinajstić information content (AvgIpc) is 3.28. The molecule has 0 aliphatic carbocycles. The molecule has 2 aromatic rings. The van der Waals surface area contributed by atoms with Gasteiger partial charge in [-0.15, -0.1) is 0 Å². The van der Waals surface area contributed by atoms with Crippen LogP contribution in [0.2, 0.25) is 0 Å². The van der Waals surface area contributed by atoms with Gasteiger partial charge in [-0.25, -0.2) is 9.67 Å². The lowest BCUT2D eigenvalue weighted by molar-refractivity contribution is 0.102. The van der Waals surface area contributed by atoms with Gasteiger partial charge in [0.15, 0.2) is 0 Å². The summed E-state index contributed by atoms with van der Waals surface area (Å²) >= 11 is 0. The molecule has 4 heterocycles. The van der Waals surface area contributed by atoms with Gasteiger partial charge in [-0.2, -0.15) is 5.10 Å². The summed E-state index contributed by atoms with van der Waals surface area (Å²) in [5.41, 5.74) is 0.561. The van der Waals surface area contributed by atoms with Crippen molar-refractivity contribution in [3.05, 3.63) is 36.2 Å². The largest absolute Gasteiger partial charge is 0.381 e. The predicted octanol–water partition coefficient (Wildman–Crippen LogP) is 2.95. The predicted molar refractivity (Wildman–Crippen MR) is 104 cm³/mol. The van der Waals surface area contributed by atoms with Crippen molar-refractivity contribution < 1.29 is 9.53 Å². The smallest absolute Gasteiger partial charge is 0.258 e. The van der Waals surface area contributed by atoms with Crippen molar-refractivity contribution in [1.29, 1.82) is 0 Å². The fraction of sp³-hybridized carbons (Fsp3) is 0.550. The van der Waals surface area contributed by atoms with Crippen molar-refractivity contribution in [3.8, 4) is 0 Å². The number of carbonyl (C=O) groups is 1. The number of rotatable bonds is 5. The maximum Gasteiger partial charge on any atom is 0.258 e. The number of anilines is 2. The molecule has 144 valence electrons. The first-order valence-electron chi connectivity index (χ1n) is 9.91. The van der Waals surface area contributed by atoms with Crippen molar-refractivity contribution in [3.63, 3.8) is 0 Å². The van der Waals surface area contributed by atoms with Gasteiger partial charge in [0.1, 0.15) is 11.6 Å². The van der Waals surface area contributed by atoms with Gasteiger partial charge < -0.3 is 15.0 Å². The van der Waals surface area contributed by atoms with Crippen molar-refractivity contribution >= 4 is 17.5 Å². The summed E-state index contributed by atoms with van der Waals surface area (Å²) < 4.78 is 7.27. The van der Waals surface area contributed by atoms with Gasteiger partial charge in [0, 0.05) is 44.4 Å². The molecular formula is C20H27N5O2. The molecule has 1 N–H and O–H groups in total. The summed E-state index contributed by atoms with van der Waals surface area (Å²) in [4.78, 5) is 19.5. The Morgan fingerprint density at radius 2 is 2.04 bits per heavy atom. The fourth-order valence-corrected chi connectivity index (χ4v) is 3.75. The average molecular weight is 369 g/mol. The number of hydrogen-bond donors (Lipinski definition) is 1. The van der Waals surface area contributed by atoms with E-state index >= 15 is 0 Å². The van der Waals surface area contributed by atoms with Crippen molar-refractivity contribution in [1.82, 2.24) is 14.8 Å². The molecule has 4 rings (SSSR count). The maximum atomic E-state index is 12.6. The molecule has 7 heteroatoms. The first kappa shape index (κ1) is 18.0. The zero-order chi connectivity index (χ0) is 18.5. The molecule has 2 fully saturated rings. The van der Waals surface area contributed by atoms with Gasteiger partial charge in [0.05, 0.1) is 18.4 Å². The molecule has 0 unspecified atom stereocenters. The quantitative estimate of drug-likeness (QED) is 0.877. The van der Waals surface area contributed by atoms with E-state index in [4.69, 9.17) is 4.74 Å². The molecule has 2 aromatic heterocycles. The van der Waals surface area contributed by atoms with Crippen molar-refractivity contribution in [2.75, 3.05) is 36.5 Å². The Bertz CT molecular complexity index is 744.